The molecule has 1 rings (SSSR count). The van der Waals surface area contributed by atoms with E-state index in [4.69, 9.17) is 5.73 Å². The molecule has 0 unspecified atom stereocenters. The molecule has 2 nitrogen and oxygen atoms in total. The van der Waals surface area contributed by atoms with Crippen molar-refractivity contribution in [2.45, 2.75) is 0 Å². The SMILES string of the molecule is NC1=NC=CC=CS1. The second kappa shape index (κ2) is 2.57. The highest BCUT2D eigenvalue weighted by Gasteiger charge is 1.86. The number of hydrogen-bond acceptors (Lipinski definition) is 3. The van der Waals surface area contributed by atoms with Crippen LogP contribution in [0.5, 0.6) is 0 Å². The second-order valence-electron chi connectivity index (χ2n) is 1.26. The first-order valence-electron chi connectivity index (χ1n) is 2.21. The summed E-state index contributed by atoms with van der Waals surface area (Å²) in [5.41, 5.74) is 5.35. The van der Waals surface area contributed by atoms with Crippen LogP contribution in [0.1, 0.15) is 0 Å². The van der Waals surface area contributed by atoms with Crippen LogP contribution in [0.4, 0.5) is 0 Å². The van der Waals surface area contributed by atoms with Gasteiger partial charge in [-0.05, 0) is 11.5 Å². The van der Waals surface area contributed by atoms with Gasteiger partial charge in [-0.15, -0.1) is 0 Å². The number of nitrogens with two attached hydrogens (primary N) is 1. The first kappa shape index (κ1) is 5.44. The molecule has 0 aromatic rings. The standard InChI is InChI=1S/C5H6N2S/c6-5-7-3-1-2-4-8-5/h1-4H,(H2,6,7). The third-order valence-electron chi connectivity index (χ3n) is 0.666. The Morgan fingerprint density at radius 1 is 1.50 bits per heavy atom. The minimum Gasteiger partial charge on any atom is -0.378 e. The van der Waals surface area contributed by atoms with Gasteiger partial charge in [-0.1, -0.05) is 17.8 Å². The van der Waals surface area contributed by atoms with Crippen LogP contribution in [-0.2, 0) is 0 Å². The van der Waals surface area contributed by atoms with Gasteiger partial charge in [-0.3, -0.25) is 0 Å². The zero-order valence-electron chi connectivity index (χ0n) is 4.24. The summed E-state index contributed by atoms with van der Waals surface area (Å²) in [7, 11) is 0. The Labute approximate surface area is 52.2 Å². The molecule has 0 saturated carbocycles. The highest BCUT2D eigenvalue weighted by molar-refractivity contribution is 8.16. The van der Waals surface area contributed by atoms with Crippen molar-refractivity contribution in [1.82, 2.24) is 0 Å². The lowest BCUT2D eigenvalue weighted by atomic mass is 10.6. The summed E-state index contributed by atoms with van der Waals surface area (Å²) in [6, 6.07) is 0. The minimum absolute atomic E-state index is 0.593. The summed E-state index contributed by atoms with van der Waals surface area (Å²) in [5.74, 6) is 0. The molecule has 2 N–H and O–H groups in total. The van der Waals surface area contributed by atoms with Crippen LogP contribution in [0.25, 0.3) is 0 Å². The zero-order chi connectivity index (χ0) is 5.82. The van der Waals surface area contributed by atoms with Crippen molar-refractivity contribution in [2.24, 2.45) is 10.7 Å². The number of allylic oxidation sites excluding steroid dienone is 2. The van der Waals surface area contributed by atoms with Crippen LogP contribution in [-0.4, -0.2) is 5.17 Å². The van der Waals surface area contributed by atoms with E-state index in [1.807, 2.05) is 17.6 Å². The van der Waals surface area contributed by atoms with E-state index in [9.17, 15) is 0 Å². The van der Waals surface area contributed by atoms with E-state index >= 15 is 0 Å². The molecule has 0 radical (unpaired) electrons. The normalized spacial score (nSPS) is 17.8. The van der Waals surface area contributed by atoms with Crippen LogP contribution in [0.2, 0.25) is 0 Å². The quantitative estimate of drug-likeness (QED) is 0.527. The van der Waals surface area contributed by atoms with Crippen molar-refractivity contribution in [3.8, 4) is 0 Å². The number of aliphatic imine (C=N–C) groups is 1. The number of nitrogens with zero attached hydrogens (tertiary/aromatic N) is 1. The Bertz CT molecular complexity index is 158. The fraction of sp³-hybridized carbons (Fsp3) is 0. The predicted octanol–water partition coefficient (Wildman–Crippen LogP) is 1.08. The number of amidine groups is 1. The maximum absolute atomic E-state index is 5.35. The van der Waals surface area contributed by atoms with Crippen LogP contribution < -0.4 is 5.73 Å². The lowest BCUT2D eigenvalue weighted by molar-refractivity contribution is 1.55. The highest BCUT2D eigenvalue weighted by Crippen LogP contribution is 2.04. The fourth-order valence-corrected chi connectivity index (χ4v) is 0.781. The molecule has 3 heteroatoms. The number of thioether (sulfide) groups is 1. The van der Waals surface area contributed by atoms with Gasteiger partial charge in [0, 0.05) is 6.20 Å². The van der Waals surface area contributed by atoms with Crippen molar-refractivity contribution in [2.75, 3.05) is 0 Å². The van der Waals surface area contributed by atoms with Crippen molar-refractivity contribution < 1.29 is 0 Å². The highest BCUT2D eigenvalue weighted by atomic mass is 32.2. The lowest BCUT2D eigenvalue weighted by Gasteiger charge is -1.85. The van der Waals surface area contributed by atoms with E-state index in [2.05, 4.69) is 4.99 Å². The number of rotatable bonds is 0. The van der Waals surface area contributed by atoms with Crippen LogP contribution in [0.15, 0.2) is 28.8 Å². The molecule has 1 heterocycles. The third kappa shape index (κ3) is 1.42. The molecule has 0 atom stereocenters. The van der Waals surface area contributed by atoms with Gasteiger partial charge < -0.3 is 5.73 Å². The molecule has 0 aromatic heterocycles. The molecule has 0 fully saturated rings. The molecule has 0 saturated heterocycles. The topological polar surface area (TPSA) is 38.4 Å². The zero-order valence-corrected chi connectivity index (χ0v) is 5.06. The first-order chi connectivity index (χ1) is 3.89. The van der Waals surface area contributed by atoms with E-state index in [1.165, 1.54) is 11.8 Å². The lowest BCUT2D eigenvalue weighted by Crippen LogP contribution is -2.02. The largest absolute Gasteiger partial charge is 0.378 e. The van der Waals surface area contributed by atoms with E-state index in [0.29, 0.717) is 5.17 Å². The van der Waals surface area contributed by atoms with E-state index in [0.717, 1.165) is 0 Å². The monoisotopic (exact) mass is 126 g/mol. The summed E-state index contributed by atoms with van der Waals surface area (Å²) in [4.78, 5) is 3.84. The molecule has 8 heavy (non-hydrogen) atoms. The van der Waals surface area contributed by atoms with Gasteiger partial charge in [0.15, 0.2) is 5.17 Å². The Balaban J connectivity index is 2.69. The molecular weight excluding hydrogens is 120 g/mol. The third-order valence-corrected chi connectivity index (χ3v) is 1.31. The molecule has 1 aliphatic heterocycles. The van der Waals surface area contributed by atoms with Gasteiger partial charge in [0.25, 0.3) is 0 Å². The van der Waals surface area contributed by atoms with Crippen molar-refractivity contribution in [1.29, 1.82) is 0 Å². The van der Waals surface area contributed by atoms with E-state index < -0.39 is 0 Å². The van der Waals surface area contributed by atoms with Crippen molar-refractivity contribution in [3.63, 3.8) is 0 Å². The second-order valence-corrected chi connectivity index (χ2v) is 2.18. The Morgan fingerprint density at radius 3 is 3.25 bits per heavy atom. The number of hydrogen-bond donors (Lipinski definition) is 1. The predicted molar refractivity (Wildman–Crippen MR) is 37.5 cm³/mol. The summed E-state index contributed by atoms with van der Waals surface area (Å²) in [5, 5.41) is 2.48. The molecule has 1 aliphatic rings. The van der Waals surface area contributed by atoms with E-state index in [1.54, 1.807) is 6.20 Å². The van der Waals surface area contributed by atoms with Gasteiger partial charge in [-0.25, -0.2) is 4.99 Å². The van der Waals surface area contributed by atoms with Gasteiger partial charge in [0.1, 0.15) is 0 Å². The molecule has 0 aliphatic carbocycles. The molecule has 0 bridgehead atoms. The first-order valence-corrected chi connectivity index (χ1v) is 3.09. The van der Waals surface area contributed by atoms with Crippen molar-refractivity contribution >= 4 is 16.9 Å². The van der Waals surface area contributed by atoms with Gasteiger partial charge in [0.2, 0.25) is 0 Å². The summed E-state index contributed by atoms with van der Waals surface area (Å²) >= 11 is 1.42. The molecular formula is C5H6N2S. The Hall–Kier alpha value is -0.700. The Kier molecular flexibility index (Phi) is 1.75. The smallest absolute Gasteiger partial charge is 0.162 e. The maximum atomic E-state index is 5.35. The van der Waals surface area contributed by atoms with E-state index in [-0.39, 0.29) is 0 Å². The van der Waals surface area contributed by atoms with Crippen LogP contribution in [0, 0.1) is 0 Å². The minimum atomic E-state index is 0.593. The van der Waals surface area contributed by atoms with Gasteiger partial charge in [0.05, 0.1) is 0 Å². The average molecular weight is 126 g/mol. The van der Waals surface area contributed by atoms with Crippen LogP contribution in [0.3, 0.4) is 0 Å². The summed E-state index contributed by atoms with van der Waals surface area (Å²) in [6.07, 6.45) is 5.41. The molecule has 0 amide bonds. The molecule has 0 aromatic carbocycles. The molecule has 0 spiro atoms. The van der Waals surface area contributed by atoms with Gasteiger partial charge in [-0.2, -0.15) is 0 Å². The van der Waals surface area contributed by atoms with Crippen LogP contribution >= 0.6 is 11.8 Å². The molecule has 42 valence electrons. The Morgan fingerprint density at radius 2 is 2.38 bits per heavy atom. The average Bonchev–Trinajstić information content (AvgIpc) is 1.94. The summed E-state index contributed by atoms with van der Waals surface area (Å²) < 4.78 is 0. The fourth-order valence-electron chi connectivity index (χ4n) is 0.351. The maximum Gasteiger partial charge on any atom is 0.162 e. The van der Waals surface area contributed by atoms with Gasteiger partial charge >= 0.3 is 0 Å². The van der Waals surface area contributed by atoms with Crippen molar-refractivity contribution in [3.05, 3.63) is 23.8 Å². The summed E-state index contributed by atoms with van der Waals surface area (Å²) in [6.45, 7) is 0.